The summed E-state index contributed by atoms with van der Waals surface area (Å²) in [5, 5.41) is 0. The van der Waals surface area contributed by atoms with Crippen LogP contribution in [0.3, 0.4) is 0 Å². The summed E-state index contributed by atoms with van der Waals surface area (Å²) in [4.78, 5) is 18.3. The maximum atomic E-state index is 12.5. The topological polar surface area (TPSA) is 118 Å². The van der Waals surface area contributed by atoms with Gasteiger partial charge in [-0.3, -0.25) is 4.57 Å². The van der Waals surface area contributed by atoms with Gasteiger partial charge in [-0.2, -0.15) is 0 Å². The number of methoxy groups -OCH3 is 2. The number of fused-ring (bicyclic) bond motifs is 1. The third kappa shape index (κ3) is 5.08. The van der Waals surface area contributed by atoms with Crippen LogP contribution in [0.4, 0.5) is 0 Å². The van der Waals surface area contributed by atoms with Gasteiger partial charge in [0, 0.05) is 6.07 Å². The number of aromatic nitrogens is 5. The van der Waals surface area contributed by atoms with E-state index in [2.05, 4.69) is 31.8 Å². The van der Waals surface area contributed by atoms with Crippen molar-refractivity contribution in [3.05, 3.63) is 48.3 Å². The van der Waals surface area contributed by atoms with Gasteiger partial charge in [0.2, 0.25) is 5.88 Å². The smallest absolute Gasteiger partial charge is 0.213 e. The molecule has 0 amide bonds. The molecule has 4 aromatic rings. The van der Waals surface area contributed by atoms with Crippen LogP contribution in [0.5, 0.6) is 17.4 Å². The van der Waals surface area contributed by atoms with Gasteiger partial charge >= 0.3 is 0 Å². The average Bonchev–Trinajstić information content (AvgIpc) is 3.25. The zero-order valence-electron chi connectivity index (χ0n) is 20.3. The Bertz CT molecular complexity index is 1550. The zero-order valence-corrected chi connectivity index (χ0v) is 21.2. The minimum Gasteiger partial charge on any atom is -0.494 e. The number of hydrogen-bond acceptors (Lipinski definition) is 9. The molecule has 0 bridgehead atoms. The van der Waals surface area contributed by atoms with Gasteiger partial charge < -0.3 is 14.2 Å². The van der Waals surface area contributed by atoms with Crippen molar-refractivity contribution >= 4 is 21.1 Å². The Morgan fingerprint density at radius 3 is 2.39 bits per heavy atom. The highest BCUT2D eigenvalue weighted by molar-refractivity contribution is 7.90. The highest BCUT2D eigenvalue weighted by Crippen LogP contribution is 2.37. The summed E-state index contributed by atoms with van der Waals surface area (Å²) in [5.74, 6) is 6.46. The maximum absolute atomic E-state index is 12.5. The Morgan fingerprint density at radius 2 is 1.72 bits per heavy atom. The quantitative estimate of drug-likeness (QED) is 0.315. The predicted octanol–water partition coefficient (Wildman–Crippen LogP) is 3.23. The fourth-order valence-corrected chi connectivity index (χ4v) is 4.68. The molecule has 0 N–H and O–H groups in total. The van der Waals surface area contributed by atoms with Crippen LogP contribution in [-0.4, -0.2) is 59.5 Å². The molecule has 0 unspecified atom stereocenters. The van der Waals surface area contributed by atoms with Crippen LogP contribution in [0.25, 0.3) is 28.5 Å². The molecule has 10 nitrogen and oxygen atoms in total. The van der Waals surface area contributed by atoms with Gasteiger partial charge in [-0.05, 0) is 32.0 Å². The molecular formula is C25H25N5O5S. The van der Waals surface area contributed by atoms with Crippen LogP contribution in [0.2, 0.25) is 0 Å². The predicted molar refractivity (Wildman–Crippen MR) is 135 cm³/mol. The first-order chi connectivity index (χ1) is 17.4. The lowest BCUT2D eigenvalue weighted by Crippen LogP contribution is -2.10. The number of benzene rings is 1. The van der Waals surface area contributed by atoms with Crippen LogP contribution in [-0.2, 0) is 15.6 Å². The van der Waals surface area contributed by atoms with Crippen molar-refractivity contribution in [1.29, 1.82) is 0 Å². The number of pyridine rings is 1. The average molecular weight is 508 g/mol. The van der Waals surface area contributed by atoms with E-state index in [-0.39, 0.29) is 17.2 Å². The molecule has 0 saturated heterocycles. The number of rotatable bonds is 9. The van der Waals surface area contributed by atoms with E-state index in [0.29, 0.717) is 52.5 Å². The van der Waals surface area contributed by atoms with Gasteiger partial charge in [-0.15, -0.1) is 5.92 Å². The first-order valence-electron chi connectivity index (χ1n) is 11.1. The second-order valence-electron chi connectivity index (χ2n) is 7.54. The molecule has 186 valence electrons. The monoisotopic (exact) mass is 507 g/mol. The molecule has 0 aliphatic rings. The van der Waals surface area contributed by atoms with Crippen molar-refractivity contribution in [2.45, 2.75) is 19.6 Å². The number of nitrogens with zero attached hydrogens (tertiary/aromatic N) is 5. The van der Waals surface area contributed by atoms with E-state index < -0.39 is 9.84 Å². The van der Waals surface area contributed by atoms with Crippen LogP contribution in [0.15, 0.2) is 42.6 Å². The van der Waals surface area contributed by atoms with Crippen LogP contribution < -0.4 is 14.2 Å². The summed E-state index contributed by atoms with van der Waals surface area (Å²) >= 11 is 0. The minimum absolute atomic E-state index is 0.262. The van der Waals surface area contributed by atoms with Crippen LogP contribution >= 0.6 is 0 Å². The molecule has 0 aliphatic carbocycles. The molecule has 4 rings (SSSR count). The molecule has 0 fully saturated rings. The van der Waals surface area contributed by atoms with Crippen LogP contribution in [0, 0.1) is 11.8 Å². The minimum atomic E-state index is -3.51. The maximum Gasteiger partial charge on any atom is 0.213 e. The van der Waals surface area contributed by atoms with Gasteiger partial charge in [0.05, 0.1) is 38.5 Å². The number of sulfone groups is 1. The molecule has 0 aliphatic heterocycles. The molecule has 11 heteroatoms. The lowest BCUT2D eigenvalue weighted by Gasteiger charge is -2.16. The van der Waals surface area contributed by atoms with Gasteiger partial charge in [0.25, 0.3) is 0 Å². The van der Waals surface area contributed by atoms with E-state index in [0.717, 1.165) is 0 Å². The number of para-hydroxylation sites is 1. The summed E-state index contributed by atoms with van der Waals surface area (Å²) in [6, 6.07) is 10.7. The van der Waals surface area contributed by atoms with Gasteiger partial charge in [-0.25, -0.2) is 28.4 Å². The molecule has 3 heterocycles. The fourth-order valence-electron chi connectivity index (χ4n) is 3.62. The second kappa shape index (κ2) is 10.6. The Kier molecular flexibility index (Phi) is 7.36. The lowest BCUT2D eigenvalue weighted by atomic mass is 10.2. The SMILES string of the molecule is CC#CCS(=O)(=O)Cc1cnc2nc(-c3cccc(OCC)n3)n(-c3c(OC)cccc3OC)c2n1. The van der Waals surface area contributed by atoms with Crippen molar-refractivity contribution in [3.63, 3.8) is 0 Å². The van der Waals surface area contributed by atoms with Gasteiger partial charge in [-0.1, -0.05) is 18.1 Å². The van der Waals surface area contributed by atoms with Crippen LogP contribution in [0.1, 0.15) is 19.5 Å². The summed E-state index contributed by atoms with van der Waals surface area (Å²) in [6.07, 6.45) is 1.41. The molecular weight excluding hydrogens is 482 g/mol. The summed E-state index contributed by atoms with van der Waals surface area (Å²) in [6.45, 7) is 3.92. The van der Waals surface area contributed by atoms with Crippen molar-refractivity contribution < 1.29 is 22.6 Å². The van der Waals surface area contributed by atoms with E-state index in [9.17, 15) is 8.42 Å². The standard InChI is InChI=1S/C25H25N5O5S/c1-5-7-14-36(31,32)16-17-15-26-23-25(27-17)30(22-19(33-3)11-9-12-20(22)34-4)24(29-23)18-10-8-13-21(28-18)35-6-2/h8-13,15H,6,14,16H2,1-4H3. The Morgan fingerprint density at radius 1 is 1.00 bits per heavy atom. The summed E-state index contributed by atoms with van der Waals surface area (Å²) in [5.41, 5.74) is 1.91. The van der Waals surface area contributed by atoms with Crippen molar-refractivity contribution in [3.8, 4) is 46.4 Å². The van der Waals surface area contributed by atoms with Gasteiger partial charge in [0.15, 0.2) is 27.0 Å². The zero-order chi connectivity index (χ0) is 25.7. The summed E-state index contributed by atoms with van der Waals surface area (Å²) < 4.78 is 43.6. The molecule has 0 saturated carbocycles. The second-order valence-corrected chi connectivity index (χ2v) is 9.61. The van der Waals surface area contributed by atoms with E-state index in [1.165, 1.54) is 6.20 Å². The Balaban J connectivity index is 1.99. The van der Waals surface area contributed by atoms with E-state index in [1.807, 2.05) is 13.0 Å². The molecule has 0 radical (unpaired) electrons. The lowest BCUT2D eigenvalue weighted by molar-refractivity contribution is 0.327. The number of hydrogen-bond donors (Lipinski definition) is 0. The third-order valence-corrected chi connectivity index (χ3v) is 6.45. The molecule has 0 spiro atoms. The normalized spacial score (nSPS) is 11.1. The van der Waals surface area contributed by atoms with Crippen molar-refractivity contribution in [2.75, 3.05) is 26.6 Å². The highest BCUT2D eigenvalue weighted by atomic mass is 32.2. The fraction of sp³-hybridized carbons (Fsp3) is 0.280. The molecule has 1 aromatic carbocycles. The van der Waals surface area contributed by atoms with E-state index in [1.54, 1.807) is 56.0 Å². The number of imidazole rings is 1. The summed E-state index contributed by atoms with van der Waals surface area (Å²) in [7, 11) is -0.420. The van der Waals surface area contributed by atoms with E-state index in [4.69, 9.17) is 14.2 Å². The van der Waals surface area contributed by atoms with Gasteiger partial charge in [0.1, 0.15) is 28.6 Å². The first kappa shape index (κ1) is 24.9. The Hall–Kier alpha value is -4.17. The van der Waals surface area contributed by atoms with Crippen molar-refractivity contribution in [1.82, 2.24) is 24.5 Å². The Labute approximate surface area is 209 Å². The largest absolute Gasteiger partial charge is 0.494 e. The molecule has 36 heavy (non-hydrogen) atoms. The van der Waals surface area contributed by atoms with Crippen molar-refractivity contribution in [2.24, 2.45) is 0 Å². The van der Waals surface area contributed by atoms with E-state index >= 15 is 0 Å². The first-order valence-corrected chi connectivity index (χ1v) is 12.9. The molecule has 3 aromatic heterocycles. The number of ether oxygens (including phenoxy) is 3. The third-order valence-electron chi connectivity index (χ3n) is 5.13. The highest BCUT2D eigenvalue weighted by Gasteiger charge is 2.24. The molecule has 0 atom stereocenters.